The maximum absolute atomic E-state index is 13.2. The van der Waals surface area contributed by atoms with Crippen molar-refractivity contribution < 1.29 is 23.0 Å². The maximum atomic E-state index is 13.2. The molecule has 1 aromatic carbocycles. The van der Waals surface area contributed by atoms with Gasteiger partial charge in [-0.05, 0) is 54.4 Å². The van der Waals surface area contributed by atoms with E-state index in [9.17, 15) is 13.6 Å². The predicted molar refractivity (Wildman–Crippen MR) is 94.0 cm³/mol. The van der Waals surface area contributed by atoms with Gasteiger partial charge in [0, 0.05) is 25.0 Å². The highest BCUT2D eigenvalue weighted by Crippen LogP contribution is 2.44. The molecule has 1 aliphatic rings. The van der Waals surface area contributed by atoms with E-state index in [1.165, 1.54) is 12.1 Å². The Bertz CT molecular complexity index is 1030. The number of carbonyl (C=O) groups is 1. The molecule has 0 saturated heterocycles. The Hall–Kier alpha value is -3.42. The number of anilines is 1. The smallest absolute Gasteiger partial charge is 0.395 e. The highest BCUT2D eigenvalue weighted by atomic mass is 19.3. The number of nitrogens with zero attached hydrogens (tertiary/aromatic N) is 2. The van der Waals surface area contributed by atoms with Crippen molar-refractivity contribution in [2.75, 3.05) is 5.32 Å². The quantitative estimate of drug-likeness (QED) is 0.757. The minimum atomic E-state index is -3.66. The summed E-state index contributed by atoms with van der Waals surface area (Å²) in [4.78, 5) is 16.5. The highest BCUT2D eigenvalue weighted by molar-refractivity contribution is 6.02. The van der Waals surface area contributed by atoms with Crippen LogP contribution in [0.25, 0.3) is 11.1 Å². The number of halogens is 2. The molecule has 0 bridgehead atoms. The van der Waals surface area contributed by atoms with Gasteiger partial charge in [-0.25, -0.2) is 4.98 Å². The lowest BCUT2D eigenvalue weighted by Gasteiger charge is -2.09. The molecule has 0 unspecified atom stereocenters. The van der Waals surface area contributed by atoms with Crippen LogP contribution in [0.5, 0.6) is 11.5 Å². The van der Waals surface area contributed by atoms with Crippen LogP contribution in [0.4, 0.5) is 14.6 Å². The summed E-state index contributed by atoms with van der Waals surface area (Å²) < 4.78 is 37.1. The van der Waals surface area contributed by atoms with Crippen LogP contribution in [0.15, 0.2) is 48.8 Å². The van der Waals surface area contributed by atoms with Crippen LogP contribution in [0.1, 0.15) is 16.1 Å². The van der Waals surface area contributed by atoms with Crippen LogP contribution in [0.3, 0.4) is 0 Å². The fourth-order valence-corrected chi connectivity index (χ4v) is 2.91. The zero-order valence-corrected chi connectivity index (χ0v) is 14.5. The molecule has 27 heavy (non-hydrogen) atoms. The average molecular weight is 371 g/mol. The Morgan fingerprint density at radius 3 is 2.56 bits per heavy atom. The second kappa shape index (κ2) is 6.08. The number of rotatable bonds is 3. The third kappa shape index (κ3) is 3.21. The zero-order chi connectivity index (χ0) is 19.2. The second-order valence-electron chi connectivity index (χ2n) is 6.17. The molecule has 6 nitrogen and oxygen atoms in total. The number of aryl methyl sites for hydroxylation is 2. The number of alkyl halides is 2. The summed E-state index contributed by atoms with van der Waals surface area (Å²) >= 11 is 0. The van der Waals surface area contributed by atoms with Crippen LogP contribution >= 0.6 is 0 Å². The summed E-state index contributed by atoms with van der Waals surface area (Å²) in [5.41, 5.74) is 2.62. The Labute approximate surface area is 153 Å². The minimum absolute atomic E-state index is 0.000611. The largest absolute Gasteiger partial charge is 0.586 e. The number of hydrogen-bond donors (Lipinski definition) is 1. The number of pyridine rings is 1. The Kier molecular flexibility index (Phi) is 3.83. The van der Waals surface area contributed by atoms with E-state index in [1.807, 2.05) is 0 Å². The van der Waals surface area contributed by atoms with Gasteiger partial charge in [0.1, 0.15) is 11.5 Å². The number of carbonyl (C=O) groups excluding carboxylic acids is 1. The molecule has 0 aliphatic carbocycles. The van der Waals surface area contributed by atoms with E-state index in [4.69, 9.17) is 0 Å². The SMILES string of the molecule is Cc1cc2c(cc1-c1ccc(NC(=O)c3cccn3C)nc1)OC(F)(F)O2. The summed E-state index contributed by atoms with van der Waals surface area (Å²) in [7, 11) is 1.78. The van der Waals surface area contributed by atoms with Crippen LogP contribution in [-0.4, -0.2) is 21.8 Å². The second-order valence-corrected chi connectivity index (χ2v) is 6.17. The lowest BCUT2D eigenvalue weighted by Crippen LogP contribution is -2.25. The molecule has 1 aliphatic heterocycles. The molecule has 0 saturated carbocycles. The fraction of sp³-hybridized carbons (Fsp3) is 0.158. The van der Waals surface area contributed by atoms with Gasteiger partial charge in [0.15, 0.2) is 11.5 Å². The normalized spacial score (nSPS) is 14.2. The predicted octanol–water partition coefficient (Wildman–Crippen LogP) is 3.97. The van der Waals surface area contributed by atoms with Crippen molar-refractivity contribution in [2.45, 2.75) is 13.2 Å². The van der Waals surface area contributed by atoms with E-state index in [0.717, 1.165) is 5.56 Å². The molecule has 0 spiro atoms. The summed E-state index contributed by atoms with van der Waals surface area (Å²) in [5.74, 6) is 0.0847. The number of amides is 1. The average Bonchev–Trinajstić information content (AvgIpc) is 3.16. The molecule has 1 amide bonds. The summed E-state index contributed by atoms with van der Waals surface area (Å²) in [6.07, 6.45) is -0.322. The Balaban J connectivity index is 1.57. The highest BCUT2D eigenvalue weighted by Gasteiger charge is 2.43. The summed E-state index contributed by atoms with van der Waals surface area (Å²) in [5, 5.41) is 2.72. The van der Waals surface area contributed by atoms with Crippen molar-refractivity contribution in [3.05, 3.63) is 60.0 Å². The monoisotopic (exact) mass is 371 g/mol. The Morgan fingerprint density at radius 1 is 1.19 bits per heavy atom. The van der Waals surface area contributed by atoms with Gasteiger partial charge >= 0.3 is 6.29 Å². The van der Waals surface area contributed by atoms with Crippen molar-refractivity contribution in [2.24, 2.45) is 7.05 Å². The van der Waals surface area contributed by atoms with Gasteiger partial charge in [-0.3, -0.25) is 4.79 Å². The molecule has 8 heteroatoms. The van der Waals surface area contributed by atoms with Crippen LogP contribution in [0, 0.1) is 6.92 Å². The topological polar surface area (TPSA) is 65.4 Å². The number of nitrogens with one attached hydrogen (secondary N) is 1. The molecule has 4 rings (SSSR count). The van der Waals surface area contributed by atoms with E-state index in [1.54, 1.807) is 55.2 Å². The molecular formula is C19H15F2N3O3. The minimum Gasteiger partial charge on any atom is -0.395 e. The maximum Gasteiger partial charge on any atom is 0.586 e. The lowest BCUT2D eigenvalue weighted by atomic mass is 10.0. The first-order valence-electron chi connectivity index (χ1n) is 8.12. The molecule has 138 valence electrons. The van der Waals surface area contributed by atoms with Gasteiger partial charge in [-0.1, -0.05) is 0 Å². The van der Waals surface area contributed by atoms with Crippen molar-refractivity contribution >= 4 is 11.7 Å². The van der Waals surface area contributed by atoms with E-state index >= 15 is 0 Å². The van der Waals surface area contributed by atoms with Gasteiger partial charge in [0.25, 0.3) is 5.91 Å². The number of ether oxygens (including phenoxy) is 2. The van der Waals surface area contributed by atoms with Crippen LogP contribution in [0.2, 0.25) is 0 Å². The van der Waals surface area contributed by atoms with E-state index in [0.29, 0.717) is 22.6 Å². The molecule has 0 atom stereocenters. The van der Waals surface area contributed by atoms with Gasteiger partial charge in [0.2, 0.25) is 0 Å². The van der Waals surface area contributed by atoms with Gasteiger partial charge in [-0.15, -0.1) is 8.78 Å². The van der Waals surface area contributed by atoms with Crippen molar-refractivity contribution in [1.82, 2.24) is 9.55 Å². The lowest BCUT2D eigenvalue weighted by molar-refractivity contribution is -0.286. The number of fused-ring (bicyclic) bond motifs is 1. The van der Waals surface area contributed by atoms with Crippen LogP contribution < -0.4 is 14.8 Å². The first-order chi connectivity index (χ1) is 12.8. The first kappa shape index (κ1) is 17.0. The molecule has 2 aromatic heterocycles. The van der Waals surface area contributed by atoms with Gasteiger partial charge < -0.3 is 19.4 Å². The van der Waals surface area contributed by atoms with E-state index in [2.05, 4.69) is 19.8 Å². The van der Waals surface area contributed by atoms with Crippen LogP contribution in [-0.2, 0) is 7.05 Å². The molecule has 0 radical (unpaired) electrons. The third-order valence-corrected chi connectivity index (χ3v) is 4.24. The molecule has 3 heterocycles. The van der Waals surface area contributed by atoms with E-state index < -0.39 is 6.29 Å². The first-order valence-corrected chi connectivity index (χ1v) is 8.12. The van der Waals surface area contributed by atoms with Crippen molar-refractivity contribution in [1.29, 1.82) is 0 Å². The number of benzene rings is 1. The summed E-state index contributed by atoms with van der Waals surface area (Å²) in [6, 6.07) is 9.86. The molecule has 1 N–H and O–H groups in total. The van der Waals surface area contributed by atoms with E-state index in [-0.39, 0.29) is 17.4 Å². The van der Waals surface area contributed by atoms with Crippen molar-refractivity contribution in [3.8, 4) is 22.6 Å². The fourth-order valence-electron chi connectivity index (χ4n) is 2.91. The van der Waals surface area contributed by atoms with Crippen molar-refractivity contribution in [3.63, 3.8) is 0 Å². The summed E-state index contributed by atoms with van der Waals surface area (Å²) in [6.45, 7) is 1.78. The van der Waals surface area contributed by atoms with Gasteiger partial charge in [-0.2, -0.15) is 0 Å². The Morgan fingerprint density at radius 2 is 1.93 bits per heavy atom. The number of aromatic nitrogens is 2. The zero-order valence-electron chi connectivity index (χ0n) is 14.5. The van der Waals surface area contributed by atoms with Gasteiger partial charge in [0.05, 0.1) is 0 Å². The molecule has 0 fully saturated rings. The molecular weight excluding hydrogens is 356 g/mol. The number of hydrogen-bond acceptors (Lipinski definition) is 4. The molecule has 3 aromatic rings. The third-order valence-electron chi connectivity index (χ3n) is 4.24. The standard InChI is InChI=1S/C19H15F2N3O3/c1-11-8-15-16(27-19(20,21)26-15)9-13(11)12-5-6-17(22-10-12)23-18(25)14-4-3-7-24(14)2/h3-10H,1-2H3,(H,22,23,25).